The van der Waals surface area contributed by atoms with Crippen molar-refractivity contribution >= 4 is 5.91 Å². The molecule has 0 aliphatic heterocycles. The Balaban J connectivity index is 1.70. The fourth-order valence-electron chi connectivity index (χ4n) is 2.96. The number of rotatable bonds is 4. The Kier molecular flexibility index (Phi) is 4.66. The number of amides is 1. The number of carbonyl (C=O) groups is 1. The van der Waals surface area contributed by atoms with E-state index in [1.807, 2.05) is 6.92 Å². The Morgan fingerprint density at radius 1 is 1.35 bits per heavy atom. The van der Waals surface area contributed by atoms with Crippen LogP contribution in [-0.4, -0.2) is 38.0 Å². The third kappa shape index (κ3) is 3.73. The van der Waals surface area contributed by atoms with Crippen molar-refractivity contribution in [2.24, 2.45) is 11.7 Å². The first-order valence-corrected chi connectivity index (χ1v) is 8.00. The minimum Gasteiger partial charge on any atom is -0.348 e. The first-order valence-electron chi connectivity index (χ1n) is 8.00. The molecule has 0 unspecified atom stereocenters. The summed E-state index contributed by atoms with van der Waals surface area (Å²) in [4.78, 5) is 25.2. The van der Waals surface area contributed by atoms with E-state index in [4.69, 9.17) is 5.73 Å². The van der Waals surface area contributed by atoms with Crippen molar-refractivity contribution in [1.82, 2.24) is 24.8 Å². The molecule has 23 heavy (non-hydrogen) atoms. The van der Waals surface area contributed by atoms with Crippen LogP contribution in [0.5, 0.6) is 0 Å². The molecule has 7 nitrogen and oxygen atoms in total. The van der Waals surface area contributed by atoms with Crippen molar-refractivity contribution in [3.05, 3.63) is 36.2 Å². The Morgan fingerprint density at radius 2 is 2.13 bits per heavy atom. The van der Waals surface area contributed by atoms with Gasteiger partial charge in [0.2, 0.25) is 5.95 Å². The van der Waals surface area contributed by atoms with Gasteiger partial charge in [-0.3, -0.25) is 9.36 Å². The van der Waals surface area contributed by atoms with Crippen molar-refractivity contribution < 1.29 is 4.79 Å². The van der Waals surface area contributed by atoms with Gasteiger partial charge in [-0.15, -0.1) is 0 Å². The van der Waals surface area contributed by atoms with Gasteiger partial charge in [0.25, 0.3) is 5.91 Å². The fraction of sp³-hybridized carbons (Fsp3) is 0.500. The molecule has 0 spiro atoms. The number of hydrogen-bond acceptors (Lipinski definition) is 5. The van der Waals surface area contributed by atoms with Crippen molar-refractivity contribution in [3.8, 4) is 5.95 Å². The standard InChI is InChI=1S/C16H22N6O/c1-11-8-14(21-16(19-11)22-7-6-18-10-22)15(23)20-13-4-2-12(9-17)3-5-13/h6-8,10,12-13H,2-5,9,17H2,1H3,(H,20,23). The molecule has 1 amide bonds. The first-order chi connectivity index (χ1) is 11.2. The van der Waals surface area contributed by atoms with Crippen molar-refractivity contribution in [2.45, 2.75) is 38.6 Å². The molecule has 2 heterocycles. The van der Waals surface area contributed by atoms with Gasteiger partial charge < -0.3 is 11.1 Å². The Hall–Kier alpha value is -2.28. The molecule has 0 radical (unpaired) electrons. The van der Waals surface area contributed by atoms with E-state index in [-0.39, 0.29) is 11.9 Å². The average molecular weight is 314 g/mol. The molecule has 1 saturated carbocycles. The summed E-state index contributed by atoms with van der Waals surface area (Å²) >= 11 is 0. The summed E-state index contributed by atoms with van der Waals surface area (Å²) < 4.78 is 1.69. The topological polar surface area (TPSA) is 98.7 Å². The largest absolute Gasteiger partial charge is 0.348 e. The number of imidazole rings is 1. The Labute approximate surface area is 135 Å². The molecular weight excluding hydrogens is 292 g/mol. The number of carbonyl (C=O) groups excluding carboxylic acids is 1. The number of hydrogen-bond donors (Lipinski definition) is 2. The number of aryl methyl sites for hydroxylation is 1. The predicted octanol–water partition coefficient (Wildman–Crippen LogP) is 1.22. The molecule has 0 aromatic carbocycles. The summed E-state index contributed by atoms with van der Waals surface area (Å²) in [5.74, 6) is 0.907. The summed E-state index contributed by atoms with van der Waals surface area (Å²) in [6.45, 7) is 2.59. The maximum absolute atomic E-state index is 12.5. The van der Waals surface area contributed by atoms with Gasteiger partial charge >= 0.3 is 0 Å². The van der Waals surface area contributed by atoms with Gasteiger partial charge in [0.1, 0.15) is 12.0 Å². The zero-order valence-corrected chi connectivity index (χ0v) is 13.3. The van der Waals surface area contributed by atoms with Crippen LogP contribution in [0.1, 0.15) is 41.9 Å². The number of nitrogens with one attached hydrogen (secondary N) is 1. The van der Waals surface area contributed by atoms with Gasteiger partial charge in [-0.05, 0) is 51.1 Å². The van der Waals surface area contributed by atoms with Crippen LogP contribution < -0.4 is 11.1 Å². The molecule has 0 atom stereocenters. The Bertz CT molecular complexity index is 661. The van der Waals surface area contributed by atoms with Crippen LogP contribution in [0.4, 0.5) is 0 Å². The Morgan fingerprint density at radius 3 is 2.78 bits per heavy atom. The molecule has 1 aliphatic rings. The third-order valence-electron chi connectivity index (χ3n) is 4.33. The predicted molar refractivity (Wildman–Crippen MR) is 86.2 cm³/mol. The quantitative estimate of drug-likeness (QED) is 0.884. The van der Waals surface area contributed by atoms with Gasteiger partial charge in [0, 0.05) is 24.1 Å². The van der Waals surface area contributed by atoms with E-state index in [0.717, 1.165) is 37.9 Å². The van der Waals surface area contributed by atoms with Crippen LogP contribution in [0.15, 0.2) is 24.8 Å². The van der Waals surface area contributed by atoms with Crippen molar-refractivity contribution in [1.29, 1.82) is 0 Å². The molecule has 1 fully saturated rings. The highest BCUT2D eigenvalue weighted by Crippen LogP contribution is 2.23. The minimum absolute atomic E-state index is 0.145. The lowest BCUT2D eigenvalue weighted by molar-refractivity contribution is 0.0917. The van der Waals surface area contributed by atoms with E-state index in [0.29, 0.717) is 17.6 Å². The lowest BCUT2D eigenvalue weighted by Crippen LogP contribution is -2.39. The summed E-state index contributed by atoms with van der Waals surface area (Å²) in [6.07, 6.45) is 9.13. The number of nitrogens with zero attached hydrogens (tertiary/aromatic N) is 4. The zero-order chi connectivity index (χ0) is 16.2. The van der Waals surface area contributed by atoms with Crippen molar-refractivity contribution in [3.63, 3.8) is 0 Å². The second kappa shape index (κ2) is 6.87. The molecule has 1 aliphatic carbocycles. The second-order valence-electron chi connectivity index (χ2n) is 6.09. The smallest absolute Gasteiger partial charge is 0.270 e. The van der Waals surface area contributed by atoms with E-state index in [1.54, 1.807) is 29.4 Å². The van der Waals surface area contributed by atoms with E-state index in [2.05, 4.69) is 20.3 Å². The minimum atomic E-state index is -0.145. The highest BCUT2D eigenvalue weighted by molar-refractivity contribution is 5.92. The SMILES string of the molecule is Cc1cc(C(=O)NC2CCC(CN)CC2)nc(-n2ccnc2)n1. The van der Waals surface area contributed by atoms with Crippen LogP contribution >= 0.6 is 0 Å². The lowest BCUT2D eigenvalue weighted by atomic mass is 9.86. The van der Waals surface area contributed by atoms with E-state index < -0.39 is 0 Å². The van der Waals surface area contributed by atoms with Crippen LogP contribution in [0.3, 0.4) is 0 Å². The monoisotopic (exact) mass is 314 g/mol. The highest BCUT2D eigenvalue weighted by Gasteiger charge is 2.22. The molecule has 122 valence electrons. The van der Waals surface area contributed by atoms with E-state index >= 15 is 0 Å². The van der Waals surface area contributed by atoms with Gasteiger partial charge in [-0.1, -0.05) is 0 Å². The number of nitrogens with two attached hydrogens (primary N) is 1. The molecule has 3 N–H and O–H groups in total. The summed E-state index contributed by atoms with van der Waals surface area (Å²) in [7, 11) is 0. The molecule has 7 heteroatoms. The molecule has 2 aromatic heterocycles. The van der Waals surface area contributed by atoms with Gasteiger partial charge in [0.05, 0.1) is 0 Å². The fourth-order valence-corrected chi connectivity index (χ4v) is 2.96. The first kappa shape index (κ1) is 15.6. The van der Waals surface area contributed by atoms with Crippen LogP contribution in [-0.2, 0) is 0 Å². The zero-order valence-electron chi connectivity index (χ0n) is 13.3. The van der Waals surface area contributed by atoms with Crippen LogP contribution in [0, 0.1) is 12.8 Å². The maximum atomic E-state index is 12.5. The second-order valence-corrected chi connectivity index (χ2v) is 6.09. The molecule has 3 rings (SSSR count). The van der Waals surface area contributed by atoms with Crippen LogP contribution in [0.25, 0.3) is 5.95 Å². The van der Waals surface area contributed by atoms with Gasteiger partial charge in [-0.25, -0.2) is 15.0 Å². The molecular formula is C16H22N6O. The normalized spacial score (nSPS) is 21.1. The van der Waals surface area contributed by atoms with Gasteiger partial charge in [-0.2, -0.15) is 0 Å². The average Bonchev–Trinajstić information content (AvgIpc) is 3.09. The molecule has 0 saturated heterocycles. The third-order valence-corrected chi connectivity index (χ3v) is 4.33. The number of aromatic nitrogens is 4. The van der Waals surface area contributed by atoms with Crippen molar-refractivity contribution in [2.75, 3.05) is 6.54 Å². The maximum Gasteiger partial charge on any atom is 0.270 e. The van der Waals surface area contributed by atoms with Gasteiger partial charge in [0.15, 0.2) is 0 Å². The highest BCUT2D eigenvalue weighted by atomic mass is 16.1. The van der Waals surface area contributed by atoms with E-state index in [9.17, 15) is 4.79 Å². The molecule has 0 bridgehead atoms. The summed E-state index contributed by atoms with van der Waals surface area (Å²) in [6, 6.07) is 1.92. The van der Waals surface area contributed by atoms with E-state index in [1.165, 1.54) is 0 Å². The lowest BCUT2D eigenvalue weighted by Gasteiger charge is -2.28. The van der Waals surface area contributed by atoms with Crippen LogP contribution in [0.2, 0.25) is 0 Å². The molecule has 2 aromatic rings. The summed E-state index contributed by atoms with van der Waals surface area (Å²) in [5.41, 5.74) is 6.85. The summed E-state index contributed by atoms with van der Waals surface area (Å²) in [5, 5.41) is 3.08.